The van der Waals surface area contributed by atoms with Crippen LogP contribution >= 0.6 is 11.6 Å². The molecule has 2 rings (SSSR count). The molecule has 1 aromatic rings. The van der Waals surface area contributed by atoms with Gasteiger partial charge in [0.05, 0.1) is 0 Å². The lowest BCUT2D eigenvalue weighted by Crippen LogP contribution is -2.23. The smallest absolute Gasteiger partial charge is 0.0441 e. The minimum absolute atomic E-state index is 0.276. The molecular formula is C13H18ClN. The van der Waals surface area contributed by atoms with E-state index in [0.717, 1.165) is 23.8 Å². The van der Waals surface area contributed by atoms with Gasteiger partial charge in [-0.15, -0.1) is 0 Å². The maximum absolute atomic E-state index is 6.17. The zero-order chi connectivity index (χ0) is 10.8. The largest absolute Gasteiger partial charge is 0.327 e. The molecule has 0 bridgehead atoms. The minimum atomic E-state index is 0.276. The van der Waals surface area contributed by atoms with Gasteiger partial charge in [-0.1, -0.05) is 36.6 Å². The average molecular weight is 224 g/mol. The molecule has 0 heterocycles. The summed E-state index contributed by atoms with van der Waals surface area (Å²) in [5.74, 6) is 0.893. The number of aryl methyl sites for hydroxylation is 1. The Hall–Kier alpha value is -0.530. The summed E-state index contributed by atoms with van der Waals surface area (Å²) < 4.78 is 0. The molecule has 0 spiro atoms. The van der Waals surface area contributed by atoms with Gasteiger partial charge in [0.25, 0.3) is 0 Å². The van der Waals surface area contributed by atoms with Crippen molar-refractivity contribution in [3.05, 3.63) is 34.3 Å². The number of hydrogen-bond donors (Lipinski definition) is 1. The molecule has 1 aromatic carbocycles. The third-order valence-electron chi connectivity index (χ3n) is 3.02. The summed E-state index contributed by atoms with van der Waals surface area (Å²) in [4.78, 5) is 0. The van der Waals surface area contributed by atoms with Crippen molar-refractivity contribution in [3.8, 4) is 0 Å². The standard InChI is InChI=1S/C13H18ClN/c1-9-2-5-11(13(14)6-9)8-12(15)7-10-3-4-10/h2,5-6,10,12H,3-4,7-8,15H2,1H3. The normalized spacial score (nSPS) is 17.8. The van der Waals surface area contributed by atoms with E-state index in [1.165, 1.54) is 24.0 Å². The van der Waals surface area contributed by atoms with Gasteiger partial charge in [-0.05, 0) is 42.9 Å². The van der Waals surface area contributed by atoms with Crippen LogP contribution in [-0.2, 0) is 6.42 Å². The highest BCUT2D eigenvalue weighted by Gasteiger charge is 2.24. The van der Waals surface area contributed by atoms with Gasteiger partial charge in [0, 0.05) is 11.1 Å². The molecule has 2 heteroatoms. The van der Waals surface area contributed by atoms with Crippen molar-refractivity contribution in [2.45, 2.75) is 38.6 Å². The molecule has 0 amide bonds. The quantitative estimate of drug-likeness (QED) is 0.833. The van der Waals surface area contributed by atoms with E-state index in [-0.39, 0.29) is 6.04 Å². The Morgan fingerprint density at radius 1 is 1.47 bits per heavy atom. The molecule has 0 aromatic heterocycles. The maximum atomic E-state index is 6.17. The molecular weight excluding hydrogens is 206 g/mol. The molecule has 0 saturated heterocycles. The minimum Gasteiger partial charge on any atom is -0.327 e. The van der Waals surface area contributed by atoms with Crippen LogP contribution in [0.25, 0.3) is 0 Å². The predicted octanol–water partition coefficient (Wildman–Crippen LogP) is 3.32. The van der Waals surface area contributed by atoms with E-state index >= 15 is 0 Å². The molecule has 1 fully saturated rings. The molecule has 0 radical (unpaired) electrons. The van der Waals surface area contributed by atoms with Crippen LogP contribution in [0.5, 0.6) is 0 Å². The van der Waals surface area contributed by atoms with Crippen LogP contribution in [0, 0.1) is 12.8 Å². The SMILES string of the molecule is Cc1ccc(CC(N)CC2CC2)c(Cl)c1. The summed E-state index contributed by atoms with van der Waals surface area (Å²) in [5.41, 5.74) is 8.49. The summed E-state index contributed by atoms with van der Waals surface area (Å²) in [6.45, 7) is 2.06. The molecule has 1 unspecified atom stereocenters. The van der Waals surface area contributed by atoms with Crippen molar-refractivity contribution < 1.29 is 0 Å². The summed E-state index contributed by atoms with van der Waals surface area (Å²) >= 11 is 6.17. The second kappa shape index (κ2) is 4.54. The lowest BCUT2D eigenvalue weighted by molar-refractivity contribution is 0.566. The van der Waals surface area contributed by atoms with E-state index in [0.29, 0.717) is 0 Å². The monoisotopic (exact) mass is 223 g/mol. The van der Waals surface area contributed by atoms with E-state index in [9.17, 15) is 0 Å². The number of benzene rings is 1. The predicted molar refractivity (Wildman–Crippen MR) is 65.2 cm³/mol. The Balaban J connectivity index is 1.96. The molecule has 2 N–H and O–H groups in total. The fourth-order valence-corrected chi connectivity index (χ4v) is 2.28. The van der Waals surface area contributed by atoms with Crippen LogP contribution in [0.3, 0.4) is 0 Å². The first kappa shape index (κ1) is 11.0. The topological polar surface area (TPSA) is 26.0 Å². The highest BCUT2D eigenvalue weighted by atomic mass is 35.5. The van der Waals surface area contributed by atoms with Gasteiger partial charge in [-0.3, -0.25) is 0 Å². The first-order valence-electron chi connectivity index (χ1n) is 5.66. The fraction of sp³-hybridized carbons (Fsp3) is 0.538. The van der Waals surface area contributed by atoms with Crippen molar-refractivity contribution in [2.24, 2.45) is 11.7 Å². The molecule has 15 heavy (non-hydrogen) atoms. The summed E-state index contributed by atoms with van der Waals surface area (Å²) in [6.07, 6.45) is 4.81. The van der Waals surface area contributed by atoms with E-state index in [2.05, 4.69) is 19.1 Å². The van der Waals surface area contributed by atoms with Gasteiger partial charge in [0.2, 0.25) is 0 Å². The van der Waals surface area contributed by atoms with Crippen LogP contribution in [0.2, 0.25) is 5.02 Å². The maximum Gasteiger partial charge on any atom is 0.0441 e. The summed E-state index contributed by atoms with van der Waals surface area (Å²) in [7, 11) is 0. The van der Waals surface area contributed by atoms with Crippen molar-refractivity contribution in [1.29, 1.82) is 0 Å². The molecule has 1 aliphatic rings. The van der Waals surface area contributed by atoms with Crippen molar-refractivity contribution in [1.82, 2.24) is 0 Å². The van der Waals surface area contributed by atoms with E-state index in [1.54, 1.807) is 0 Å². The first-order chi connectivity index (χ1) is 7.15. The van der Waals surface area contributed by atoms with Gasteiger partial charge in [-0.2, -0.15) is 0 Å². The number of hydrogen-bond acceptors (Lipinski definition) is 1. The van der Waals surface area contributed by atoms with Crippen LogP contribution in [0.15, 0.2) is 18.2 Å². The van der Waals surface area contributed by atoms with Crippen molar-refractivity contribution in [2.75, 3.05) is 0 Å². The highest BCUT2D eigenvalue weighted by molar-refractivity contribution is 6.31. The number of halogens is 1. The Labute approximate surface area is 96.6 Å². The lowest BCUT2D eigenvalue weighted by atomic mass is 10.0. The molecule has 82 valence electrons. The Kier molecular flexibility index (Phi) is 3.32. The molecule has 1 nitrogen and oxygen atoms in total. The van der Waals surface area contributed by atoms with Gasteiger partial charge in [0.15, 0.2) is 0 Å². The van der Waals surface area contributed by atoms with E-state index < -0.39 is 0 Å². The van der Waals surface area contributed by atoms with Crippen LogP contribution < -0.4 is 5.73 Å². The number of rotatable bonds is 4. The molecule has 1 saturated carbocycles. The average Bonchev–Trinajstić information content (AvgIpc) is 2.94. The highest BCUT2D eigenvalue weighted by Crippen LogP contribution is 2.34. The van der Waals surface area contributed by atoms with E-state index in [1.807, 2.05) is 6.07 Å². The third-order valence-corrected chi connectivity index (χ3v) is 3.38. The zero-order valence-corrected chi connectivity index (χ0v) is 9.93. The number of nitrogens with two attached hydrogens (primary N) is 1. The van der Waals surface area contributed by atoms with Gasteiger partial charge in [0.1, 0.15) is 0 Å². The van der Waals surface area contributed by atoms with E-state index in [4.69, 9.17) is 17.3 Å². The van der Waals surface area contributed by atoms with Crippen LogP contribution in [0.4, 0.5) is 0 Å². The van der Waals surface area contributed by atoms with Crippen molar-refractivity contribution >= 4 is 11.6 Å². The third kappa shape index (κ3) is 3.22. The fourth-order valence-electron chi connectivity index (χ4n) is 1.97. The van der Waals surface area contributed by atoms with Crippen molar-refractivity contribution in [3.63, 3.8) is 0 Å². The summed E-state index contributed by atoms with van der Waals surface area (Å²) in [5, 5.41) is 0.862. The molecule has 1 atom stereocenters. The zero-order valence-electron chi connectivity index (χ0n) is 9.17. The van der Waals surface area contributed by atoms with Gasteiger partial charge >= 0.3 is 0 Å². The lowest BCUT2D eigenvalue weighted by Gasteiger charge is -2.12. The Morgan fingerprint density at radius 3 is 2.80 bits per heavy atom. The second-order valence-corrected chi connectivity index (χ2v) is 5.15. The molecule has 0 aliphatic heterocycles. The Morgan fingerprint density at radius 2 is 2.20 bits per heavy atom. The Bertz CT molecular complexity index is 344. The first-order valence-corrected chi connectivity index (χ1v) is 6.03. The van der Waals surface area contributed by atoms with Crippen LogP contribution in [0.1, 0.15) is 30.4 Å². The van der Waals surface area contributed by atoms with Gasteiger partial charge < -0.3 is 5.73 Å². The van der Waals surface area contributed by atoms with Gasteiger partial charge in [-0.25, -0.2) is 0 Å². The van der Waals surface area contributed by atoms with Crippen LogP contribution in [-0.4, -0.2) is 6.04 Å². The summed E-state index contributed by atoms with van der Waals surface area (Å²) in [6, 6.07) is 6.49. The molecule has 1 aliphatic carbocycles. The second-order valence-electron chi connectivity index (χ2n) is 4.74.